The van der Waals surface area contributed by atoms with Crippen LogP contribution in [0.4, 0.5) is 5.69 Å². The molecule has 2 aromatic rings. The first-order valence-corrected chi connectivity index (χ1v) is 9.27. The molecule has 0 radical (unpaired) electrons. The second-order valence-corrected chi connectivity index (χ2v) is 6.99. The maximum Gasteiger partial charge on any atom is 0.310 e. The molecule has 1 atom stereocenters. The summed E-state index contributed by atoms with van der Waals surface area (Å²) in [6.45, 7) is 4.41. The Morgan fingerprint density at radius 1 is 1.15 bits per heavy atom. The van der Waals surface area contributed by atoms with Crippen LogP contribution in [-0.2, 0) is 17.8 Å². The summed E-state index contributed by atoms with van der Waals surface area (Å²) >= 11 is 0. The lowest BCUT2D eigenvalue weighted by Gasteiger charge is -2.17. The fourth-order valence-corrected chi connectivity index (χ4v) is 3.38. The lowest BCUT2D eigenvalue weighted by Crippen LogP contribution is -2.23. The third-order valence-corrected chi connectivity index (χ3v) is 5.12. The molecule has 2 aromatic carbocycles. The molecule has 0 bridgehead atoms. The van der Waals surface area contributed by atoms with Crippen LogP contribution in [0.5, 0.6) is 0 Å². The average molecular weight is 351 g/mol. The molecular formula is C22H25NO3. The maximum atomic E-state index is 12.8. The monoisotopic (exact) mass is 351 g/mol. The summed E-state index contributed by atoms with van der Waals surface area (Å²) in [5, 5.41) is 9.12. The number of carbonyl (C=O) groups excluding carboxylic acids is 1. The van der Waals surface area contributed by atoms with Crippen LogP contribution in [0.2, 0.25) is 0 Å². The molecule has 4 nitrogen and oxygen atoms in total. The van der Waals surface area contributed by atoms with Gasteiger partial charge in [-0.25, -0.2) is 0 Å². The van der Waals surface area contributed by atoms with Crippen molar-refractivity contribution in [3.05, 3.63) is 64.7 Å². The Balaban J connectivity index is 1.76. The highest BCUT2D eigenvalue weighted by Gasteiger charge is 2.28. The molecule has 0 saturated carbocycles. The lowest BCUT2D eigenvalue weighted by molar-refractivity contribution is -0.138. The van der Waals surface area contributed by atoms with Gasteiger partial charge >= 0.3 is 5.97 Å². The quantitative estimate of drug-likeness (QED) is 0.731. The van der Waals surface area contributed by atoms with E-state index in [1.807, 2.05) is 18.2 Å². The van der Waals surface area contributed by atoms with Gasteiger partial charge in [-0.1, -0.05) is 44.0 Å². The fourth-order valence-electron chi connectivity index (χ4n) is 3.38. The third-order valence-electron chi connectivity index (χ3n) is 5.12. The van der Waals surface area contributed by atoms with E-state index in [1.54, 1.807) is 24.0 Å². The van der Waals surface area contributed by atoms with Gasteiger partial charge in [0.15, 0.2) is 0 Å². The highest BCUT2D eigenvalue weighted by Crippen LogP contribution is 2.30. The molecule has 4 heteroatoms. The van der Waals surface area contributed by atoms with Crippen molar-refractivity contribution in [3.8, 4) is 0 Å². The number of aryl methyl sites for hydroxylation is 1. The van der Waals surface area contributed by atoms with Crippen LogP contribution < -0.4 is 4.90 Å². The predicted molar refractivity (Wildman–Crippen MR) is 103 cm³/mol. The van der Waals surface area contributed by atoms with Gasteiger partial charge in [0.1, 0.15) is 0 Å². The zero-order valence-corrected chi connectivity index (χ0v) is 15.4. The second kappa shape index (κ2) is 7.73. The normalized spacial score (nSPS) is 14.4. The highest BCUT2D eigenvalue weighted by molar-refractivity contribution is 6.10. The van der Waals surface area contributed by atoms with Crippen LogP contribution in [0.1, 0.15) is 66.1 Å². The third kappa shape index (κ3) is 3.64. The van der Waals surface area contributed by atoms with Gasteiger partial charge < -0.3 is 10.0 Å². The molecule has 136 valence electrons. The summed E-state index contributed by atoms with van der Waals surface area (Å²) in [5.41, 5.74) is 4.61. The Morgan fingerprint density at radius 2 is 1.88 bits per heavy atom. The number of aliphatic carboxylic acids is 1. The summed E-state index contributed by atoms with van der Waals surface area (Å²) in [4.78, 5) is 25.7. The number of rotatable bonds is 7. The van der Waals surface area contributed by atoms with E-state index in [0.717, 1.165) is 35.2 Å². The maximum absolute atomic E-state index is 12.8. The molecule has 0 aliphatic carbocycles. The zero-order valence-electron chi connectivity index (χ0n) is 15.4. The van der Waals surface area contributed by atoms with Crippen molar-refractivity contribution in [1.29, 1.82) is 0 Å². The fraction of sp³-hybridized carbons (Fsp3) is 0.364. The van der Waals surface area contributed by atoms with Crippen molar-refractivity contribution in [2.24, 2.45) is 0 Å². The van der Waals surface area contributed by atoms with Gasteiger partial charge in [0.2, 0.25) is 0 Å². The van der Waals surface area contributed by atoms with Crippen LogP contribution in [0, 0.1) is 0 Å². The van der Waals surface area contributed by atoms with Gasteiger partial charge in [0.05, 0.1) is 12.5 Å². The molecule has 1 aliphatic rings. The number of nitrogens with zero attached hydrogens (tertiary/aromatic N) is 1. The summed E-state index contributed by atoms with van der Waals surface area (Å²) < 4.78 is 0. The van der Waals surface area contributed by atoms with Gasteiger partial charge in [-0.3, -0.25) is 9.59 Å². The van der Waals surface area contributed by atoms with Crippen molar-refractivity contribution in [2.45, 2.75) is 52.0 Å². The van der Waals surface area contributed by atoms with Crippen molar-refractivity contribution in [2.75, 3.05) is 4.90 Å². The number of hydrogen-bond donors (Lipinski definition) is 1. The van der Waals surface area contributed by atoms with Crippen molar-refractivity contribution in [1.82, 2.24) is 0 Å². The Morgan fingerprint density at radius 3 is 2.54 bits per heavy atom. The van der Waals surface area contributed by atoms with E-state index in [9.17, 15) is 9.59 Å². The number of carboxylic acid groups (broad SMARTS) is 1. The van der Waals surface area contributed by atoms with E-state index in [1.165, 1.54) is 18.4 Å². The first kappa shape index (κ1) is 18.2. The number of carboxylic acids is 1. The number of carbonyl (C=O) groups is 2. The number of unbranched alkanes of at least 4 members (excludes halogenated alkanes) is 2. The largest absolute Gasteiger partial charge is 0.481 e. The number of amides is 1. The number of fused-ring (bicyclic) bond motifs is 1. The second-order valence-electron chi connectivity index (χ2n) is 6.99. The van der Waals surface area contributed by atoms with E-state index in [-0.39, 0.29) is 5.91 Å². The van der Waals surface area contributed by atoms with E-state index in [0.29, 0.717) is 6.54 Å². The molecular weight excluding hydrogens is 326 g/mol. The smallest absolute Gasteiger partial charge is 0.310 e. The number of anilines is 1. The number of hydrogen-bond acceptors (Lipinski definition) is 2. The summed E-state index contributed by atoms with van der Waals surface area (Å²) in [7, 11) is 0. The molecule has 1 unspecified atom stereocenters. The van der Waals surface area contributed by atoms with Crippen molar-refractivity contribution in [3.63, 3.8) is 0 Å². The Kier molecular flexibility index (Phi) is 5.40. The van der Waals surface area contributed by atoms with E-state index in [2.05, 4.69) is 19.1 Å². The molecule has 1 aliphatic heterocycles. The molecule has 1 heterocycles. The first-order valence-electron chi connectivity index (χ1n) is 9.27. The lowest BCUT2D eigenvalue weighted by atomic mass is 10.0. The molecule has 26 heavy (non-hydrogen) atoms. The van der Waals surface area contributed by atoms with Crippen LogP contribution in [0.25, 0.3) is 0 Å². The Hall–Kier alpha value is -2.62. The average Bonchev–Trinajstić information content (AvgIpc) is 2.98. The van der Waals surface area contributed by atoms with Crippen LogP contribution >= 0.6 is 0 Å². The molecule has 1 amide bonds. The minimum atomic E-state index is -0.849. The van der Waals surface area contributed by atoms with Gasteiger partial charge in [-0.15, -0.1) is 0 Å². The minimum Gasteiger partial charge on any atom is -0.481 e. The zero-order chi connectivity index (χ0) is 18.7. The standard InChI is InChI=1S/C22H25NO3/c1-3-4-5-6-16-7-8-18-14-23(21(24)20(18)13-16)19-11-9-17(10-12-19)15(2)22(25)26/h7-13,15H,3-6,14H2,1-2H3,(H,25,26). The van der Waals surface area contributed by atoms with Crippen molar-refractivity contribution >= 4 is 17.6 Å². The van der Waals surface area contributed by atoms with E-state index < -0.39 is 11.9 Å². The Labute approximate surface area is 154 Å². The summed E-state index contributed by atoms with van der Waals surface area (Å²) in [6.07, 6.45) is 4.55. The topological polar surface area (TPSA) is 57.6 Å². The molecule has 1 N–H and O–H groups in total. The first-order chi connectivity index (χ1) is 12.5. The molecule has 0 aromatic heterocycles. The van der Waals surface area contributed by atoms with Gasteiger partial charge in [0, 0.05) is 11.3 Å². The van der Waals surface area contributed by atoms with Gasteiger partial charge in [0.25, 0.3) is 5.91 Å². The van der Waals surface area contributed by atoms with Gasteiger partial charge in [-0.05, 0) is 54.7 Å². The SMILES string of the molecule is CCCCCc1ccc2c(c1)C(=O)N(c1ccc(C(C)C(=O)O)cc1)C2. The molecule has 0 fully saturated rings. The van der Waals surface area contributed by atoms with Crippen LogP contribution in [0.15, 0.2) is 42.5 Å². The summed E-state index contributed by atoms with van der Waals surface area (Å²) in [5.74, 6) is -1.38. The minimum absolute atomic E-state index is 0.0244. The summed E-state index contributed by atoms with van der Waals surface area (Å²) in [6, 6.07) is 13.5. The van der Waals surface area contributed by atoms with Crippen molar-refractivity contribution < 1.29 is 14.7 Å². The molecule has 0 saturated heterocycles. The van der Waals surface area contributed by atoms with Gasteiger partial charge in [-0.2, -0.15) is 0 Å². The van der Waals surface area contributed by atoms with E-state index >= 15 is 0 Å². The van der Waals surface area contributed by atoms with Crippen LogP contribution in [-0.4, -0.2) is 17.0 Å². The number of benzene rings is 2. The Bertz CT molecular complexity index is 811. The highest BCUT2D eigenvalue weighted by atomic mass is 16.4. The molecule has 0 spiro atoms. The van der Waals surface area contributed by atoms with E-state index in [4.69, 9.17) is 5.11 Å². The predicted octanol–water partition coefficient (Wildman–Crippen LogP) is 4.77. The van der Waals surface area contributed by atoms with Crippen LogP contribution in [0.3, 0.4) is 0 Å². The molecule has 3 rings (SSSR count).